The Kier molecular flexibility index (Phi) is 4.89. The number of amides is 1. The van der Waals surface area contributed by atoms with E-state index in [1.807, 2.05) is 0 Å². The number of alkyl halides is 2. The summed E-state index contributed by atoms with van der Waals surface area (Å²) in [6.07, 6.45) is 1.88. The van der Waals surface area contributed by atoms with E-state index in [0.717, 1.165) is 19.4 Å². The maximum Gasteiger partial charge on any atom is 0.387 e. The van der Waals surface area contributed by atoms with Crippen LogP contribution in [0.4, 0.5) is 14.5 Å². The summed E-state index contributed by atoms with van der Waals surface area (Å²) in [4.78, 5) is 12.1. The molecule has 0 saturated carbocycles. The van der Waals surface area contributed by atoms with Gasteiger partial charge in [0.15, 0.2) is 0 Å². The highest BCUT2D eigenvalue weighted by Crippen LogP contribution is 2.19. The van der Waals surface area contributed by atoms with Crippen LogP contribution in [0.25, 0.3) is 0 Å². The van der Waals surface area contributed by atoms with Crippen LogP contribution in [-0.4, -0.2) is 25.1 Å². The normalized spacial score (nSPS) is 22.6. The van der Waals surface area contributed by atoms with E-state index in [9.17, 15) is 13.6 Å². The van der Waals surface area contributed by atoms with Gasteiger partial charge in [0, 0.05) is 5.69 Å². The van der Waals surface area contributed by atoms with Gasteiger partial charge in [-0.25, -0.2) is 0 Å². The third kappa shape index (κ3) is 4.16. The van der Waals surface area contributed by atoms with Crippen molar-refractivity contribution in [2.45, 2.75) is 32.4 Å². The molecule has 1 amide bonds. The van der Waals surface area contributed by atoms with Crippen molar-refractivity contribution in [1.29, 1.82) is 0 Å². The predicted molar refractivity (Wildman–Crippen MR) is 71.9 cm³/mol. The number of nitrogens with one attached hydrogen (secondary N) is 2. The summed E-state index contributed by atoms with van der Waals surface area (Å²) in [6.45, 7) is 0.112. The molecule has 0 bridgehead atoms. The summed E-state index contributed by atoms with van der Waals surface area (Å²) in [7, 11) is 0. The largest absolute Gasteiger partial charge is 0.435 e. The standard InChI is InChI=1S/C14H18F2N2O2/c1-9-6-7-17-12(8-9)13(19)18-10-2-4-11(5-3-10)20-14(15)16/h2-5,9,12,14,17H,6-8H2,1H3,(H,18,19). The molecule has 0 radical (unpaired) electrons. The first-order valence-corrected chi connectivity index (χ1v) is 6.63. The lowest BCUT2D eigenvalue weighted by molar-refractivity contribution is -0.119. The van der Waals surface area contributed by atoms with E-state index in [4.69, 9.17) is 0 Å². The van der Waals surface area contributed by atoms with E-state index >= 15 is 0 Å². The fourth-order valence-electron chi connectivity index (χ4n) is 2.26. The fourth-order valence-corrected chi connectivity index (χ4v) is 2.26. The first-order chi connectivity index (χ1) is 9.54. The van der Waals surface area contributed by atoms with Gasteiger partial charge in [0.05, 0.1) is 6.04 Å². The van der Waals surface area contributed by atoms with Crippen LogP contribution in [0.2, 0.25) is 0 Å². The van der Waals surface area contributed by atoms with Crippen LogP contribution in [0.15, 0.2) is 24.3 Å². The number of rotatable bonds is 4. The molecule has 20 heavy (non-hydrogen) atoms. The molecule has 2 atom stereocenters. The van der Waals surface area contributed by atoms with Gasteiger partial charge in [-0.2, -0.15) is 8.78 Å². The first kappa shape index (κ1) is 14.7. The van der Waals surface area contributed by atoms with E-state index in [1.54, 1.807) is 12.1 Å². The lowest BCUT2D eigenvalue weighted by Gasteiger charge is -2.27. The number of benzene rings is 1. The van der Waals surface area contributed by atoms with Gasteiger partial charge >= 0.3 is 6.61 Å². The summed E-state index contributed by atoms with van der Waals surface area (Å²) < 4.78 is 28.3. The van der Waals surface area contributed by atoms with Gasteiger partial charge < -0.3 is 15.4 Å². The molecule has 1 fully saturated rings. The molecule has 2 N–H and O–H groups in total. The highest BCUT2D eigenvalue weighted by atomic mass is 19.3. The highest BCUT2D eigenvalue weighted by molar-refractivity contribution is 5.94. The summed E-state index contributed by atoms with van der Waals surface area (Å²) in [5.41, 5.74) is 0.566. The van der Waals surface area contributed by atoms with Crippen LogP contribution in [0.5, 0.6) is 5.75 Å². The molecular weight excluding hydrogens is 266 g/mol. The van der Waals surface area contributed by atoms with Crippen molar-refractivity contribution < 1.29 is 18.3 Å². The van der Waals surface area contributed by atoms with E-state index in [0.29, 0.717) is 11.6 Å². The molecule has 110 valence electrons. The van der Waals surface area contributed by atoms with Crippen LogP contribution in [0.3, 0.4) is 0 Å². The quantitative estimate of drug-likeness (QED) is 0.893. The number of halogens is 2. The van der Waals surface area contributed by atoms with E-state index < -0.39 is 6.61 Å². The molecule has 2 unspecified atom stereocenters. The molecule has 1 aromatic carbocycles. The Morgan fingerprint density at radius 2 is 2.10 bits per heavy atom. The highest BCUT2D eigenvalue weighted by Gasteiger charge is 2.24. The second kappa shape index (κ2) is 6.65. The number of carbonyl (C=O) groups excluding carboxylic acids is 1. The Hall–Kier alpha value is -1.69. The zero-order valence-electron chi connectivity index (χ0n) is 11.2. The molecule has 2 rings (SSSR count). The molecule has 1 heterocycles. The average Bonchev–Trinajstić information content (AvgIpc) is 2.40. The lowest BCUT2D eigenvalue weighted by atomic mass is 9.94. The molecule has 0 aliphatic carbocycles. The number of anilines is 1. The molecule has 6 heteroatoms. The maximum atomic E-state index is 12.1. The monoisotopic (exact) mass is 284 g/mol. The third-order valence-electron chi connectivity index (χ3n) is 3.33. The summed E-state index contributed by atoms with van der Waals surface area (Å²) >= 11 is 0. The molecule has 1 aliphatic heterocycles. The molecule has 1 aliphatic rings. The van der Waals surface area contributed by atoms with Crippen LogP contribution in [0, 0.1) is 5.92 Å². The van der Waals surface area contributed by atoms with Crippen LogP contribution in [-0.2, 0) is 4.79 Å². The Balaban J connectivity index is 1.90. The maximum absolute atomic E-state index is 12.1. The molecular formula is C14H18F2N2O2. The zero-order chi connectivity index (χ0) is 14.5. The minimum atomic E-state index is -2.84. The van der Waals surface area contributed by atoms with Gasteiger partial charge in [0.25, 0.3) is 0 Å². The Labute approximate surface area is 116 Å². The fraction of sp³-hybridized carbons (Fsp3) is 0.500. The molecule has 1 aromatic rings. The lowest BCUT2D eigenvalue weighted by Crippen LogP contribution is -2.45. The van der Waals surface area contributed by atoms with Gasteiger partial charge in [-0.1, -0.05) is 6.92 Å². The third-order valence-corrected chi connectivity index (χ3v) is 3.33. The molecule has 0 aromatic heterocycles. The van der Waals surface area contributed by atoms with Crippen LogP contribution in [0.1, 0.15) is 19.8 Å². The summed E-state index contributed by atoms with van der Waals surface area (Å²) in [6, 6.07) is 5.69. The first-order valence-electron chi connectivity index (χ1n) is 6.63. The number of hydrogen-bond donors (Lipinski definition) is 2. The van der Waals surface area contributed by atoms with Gasteiger partial charge in [-0.3, -0.25) is 4.79 Å². The topological polar surface area (TPSA) is 50.4 Å². The number of carbonyl (C=O) groups is 1. The molecule has 1 saturated heterocycles. The Morgan fingerprint density at radius 1 is 1.40 bits per heavy atom. The SMILES string of the molecule is CC1CCNC(C(=O)Nc2ccc(OC(F)F)cc2)C1. The van der Waals surface area contributed by atoms with Crippen molar-refractivity contribution in [3.8, 4) is 5.75 Å². The van der Waals surface area contributed by atoms with Crippen LogP contribution < -0.4 is 15.4 Å². The Morgan fingerprint density at radius 3 is 2.70 bits per heavy atom. The average molecular weight is 284 g/mol. The van der Waals surface area contributed by atoms with Crippen molar-refractivity contribution in [3.05, 3.63) is 24.3 Å². The second-order valence-electron chi connectivity index (χ2n) is 5.03. The molecule has 4 nitrogen and oxygen atoms in total. The minimum Gasteiger partial charge on any atom is -0.435 e. The van der Waals surface area contributed by atoms with E-state index in [2.05, 4.69) is 22.3 Å². The van der Waals surface area contributed by atoms with Crippen molar-refractivity contribution in [2.24, 2.45) is 5.92 Å². The van der Waals surface area contributed by atoms with Gasteiger partial charge in [0.2, 0.25) is 5.91 Å². The van der Waals surface area contributed by atoms with Crippen molar-refractivity contribution >= 4 is 11.6 Å². The second-order valence-corrected chi connectivity index (χ2v) is 5.03. The summed E-state index contributed by atoms with van der Waals surface area (Å²) in [5.74, 6) is 0.496. The number of hydrogen-bond acceptors (Lipinski definition) is 3. The zero-order valence-corrected chi connectivity index (χ0v) is 11.2. The minimum absolute atomic E-state index is 0.0717. The predicted octanol–water partition coefficient (Wildman–Crippen LogP) is 2.61. The van der Waals surface area contributed by atoms with Gasteiger partial charge in [0.1, 0.15) is 5.75 Å². The Bertz CT molecular complexity index is 451. The van der Waals surface area contributed by atoms with Gasteiger partial charge in [-0.05, 0) is 49.6 Å². The van der Waals surface area contributed by atoms with Gasteiger partial charge in [-0.15, -0.1) is 0 Å². The van der Waals surface area contributed by atoms with Crippen molar-refractivity contribution in [2.75, 3.05) is 11.9 Å². The smallest absolute Gasteiger partial charge is 0.387 e. The van der Waals surface area contributed by atoms with E-state index in [-0.39, 0.29) is 17.7 Å². The van der Waals surface area contributed by atoms with E-state index in [1.165, 1.54) is 12.1 Å². The molecule has 0 spiro atoms. The van der Waals surface area contributed by atoms with Crippen molar-refractivity contribution in [1.82, 2.24) is 5.32 Å². The summed E-state index contributed by atoms with van der Waals surface area (Å²) in [5, 5.41) is 5.94. The van der Waals surface area contributed by atoms with Crippen molar-refractivity contribution in [3.63, 3.8) is 0 Å². The van der Waals surface area contributed by atoms with Crippen LogP contribution >= 0.6 is 0 Å². The number of piperidine rings is 1. The number of ether oxygens (including phenoxy) is 1.